The molecule has 1 unspecified atom stereocenters. The average molecular weight is 331 g/mol. The Hall–Kier alpha value is -1.43. The molecule has 0 heterocycles. The van der Waals surface area contributed by atoms with Crippen molar-refractivity contribution >= 4 is 27.7 Å². The van der Waals surface area contributed by atoms with Crippen molar-refractivity contribution in [3.05, 3.63) is 34.1 Å². The minimum atomic E-state index is -1.15. The van der Waals surface area contributed by atoms with E-state index in [9.17, 15) is 14.0 Å². The first-order chi connectivity index (χ1) is 8.68. The maximum atomic E-state index is 13.1. The summed E-state index contributed by atoms with van der Waals surface area (Å²) in [6.45, 7) is 5.13. The molecule has 6 heteroatoms. The minimum Gasteiger partial charge on any atom is -0.368 e. The summed E-state index contributed by atoms with van der Waals surface area (Å²) < 4.78 is 13.3. The van der Waals surface area contributed by atoms with Gasteiger partial charge in [-0.25, -0.2) is 4.39 Å². The lowest BCUT2D eigenvalue weighted by Crippen LogP contribution is -2.58. The molecule has 1 rings (SSSR count). The van der Waals surface area contributed by atoms with E-state index in [-0.39, 0.29) is 16.0 Å². The normalized spacial score (nSPS) is 14.0. The molecule has 1 aromatic carbocycles. The number of hydrogen-bond donors (Lipinski definition) is 2. The second-order valence-electron chi connectivity index (χ2n) is 4.80. The van der Waals surface area contributed by atoms with Crippen molar-refractivity contribution < 1.29 is 14.0 Å². The fourth-order valence-corrected chi connectivity index (χ4v) is 1.81. The fourth-order valence-electron chi connectivity index (χ4n) is 1.44. The Bertz CT molecular complexity index is 519. The SMILES string of the molecule is CC(C)C(C)(NC(=O)c1ccc(F)c(Br)c1)C(N)=O. The average Bonchev–Trinajstić information content (AvgIpc) is 2.31. The van der Waals surface area contributed by atoms with Crippen LogP contribution in [0.3, 0.4) is 0 Å². The van der Waals surface area contributed by atoms with E-state index >= 15 is 0 Å². The van der Waals surface area contributed by atoms with Crippen LogP contribution < -0.4 is 11.1 Å². The van der Waals surface area contributed by atoms with Gasteiger partial charge < -0.3 is 11.1 Å². The quantitative estimate of drug-likeness (QED) is 0.888. The second-order valence-corrected chi connectivity index (χ2v) is 5.66. The van der Waals surface area contributed by atoms with Crippen LogP contribution in [-0.2, 0) is 4.79 Å². The molecule has 4 nitrogen and oxygen atoms in total. The molecule has 0 saturated heterocycles. The molecule has 1 aromatic rings. The lowest BCUT2D eigenvalue weighted by molar-refractivity contribution is -0.125. The molecular weight excluding hydrogens is 315 g/mol. The van der Waals surface area contributed by atoms with E-state index in [2.05, 4.69) is 21.2 Å². The minimum absolute atomic E-state index is 0.169. The van der Waals surface area contributed by atoms with E-state index in [0.29, 0.717) is 0 Å². The van der Waals surface area contributed by atoms with Crippen LogP contribution in [0.4, 0.5) is 4.39 Å². The fraction of sp³-hybridized carbons (Fsp3) is 0.385. The highest BCUT2D eigenvalue weighted by molar-refractivity contribution is 9.10. The van der Waals surface area contributed by atoms with Crippen LogP contribution in [0.15, 0.2) is 22.7 Å². The summed E-state index contributed by atoms with van der Waals surface area (Å²) in [5.74, 6) is -1.72. The molecule has 104 valence electrons. The molecular formula is C13H16BrFN2O2. The number of primary amides is 1. The van der Waals surface area contributed by atoms with Gasteiger partial charge in [0, 0.05) is 5.56 Å². The predicted octanol–water partition coefficient (Wildman–Crippen LogP) is 2.22. The van der Waals surface area contributed by atoms with E-state index in [0.717, 1.165) is 0 Å². The topological polar surface area (TPSA) is 72.2 Å². The number of benzene rings is 1. The Morgan fingerprint density at radius 1 is 1.42 bits per heavy atom. The lowest BCUT2D eigenvalue weighted by atomic mass is 9.87. The first kappa shape index (κ1) is 15.6. The van der Waals surface area contributed by atoms with E-state index in [4.69, 9.17) is 5.73 Å². The molecule has 0 saturated carbocycles. The maximum Gasteiger partial charge on any atom is 0.252 e. The summed E-state index contributed by atoms with van der Waals surface area (Å²) in [6.07, 6.45) is 0. The Morgan fingerprint density at radius 3 is 2.42 bits per heavy atom. The van der Waals surface area contributed by atoms with Gasteiger partial charge in [-0.05, 0) is 47.0 Å². The van der Waals surface area contributed by atoms with Gasteiger partial charge in [0.2, 0.25) is 5.91 Å². The van der Waals surface area contributed by atoms with Gasteiger partial charge in [-0.2, -0.15) is 0 Å². The molecule has 0 bridgehead atoms. The molecule has 2 amide bonds. The zero-order valence-corrected chi connectivity index (χ0v) is 12.5. The molecule has 19 heavy (non-hydrogen) atoms. The van der Waals surface area contributed by atoms with Crippen LogP contribution in [0.5, 0.6) is 0 Å². The monoisotopic (exact) mass is 330 g/mol. The number of carbonyl (C=O) groups excluding carboxylic acids is 2. The lowest BCUT2D eigenvalue weighted by Gasteiger charge is -2.31. The van der Waals surface area contributed by atoms with E-state index in [1.54, 1.807) is 20.8 Å². The van der Waals surface area contributed by atoms with Gasteiger partial charge >= 0.3 is 0 Å². The molecule has 0 aliphatic carbocycles. The summed E-state index contributed by atoms with van der Waals surface area (Å²) >= 11 is 3.01. The molecule has 0 aliphatic heterocycles. The Kier molecular flexibility index (Phi) is 4.68. The zero-order chi connectivity index (χ0) is 14.8. The molecule has 0 spiro atoms. The van der Waals surface area contributed by atoms with Crippen molar-refractivity contribution in [3.63, 3.8) is 0 Å². The smallest absolute Gasteiger partial charge is 0.252 e. The highest BCUT2D eigenvalue weighted by Crippen LogP contribution is 2.20. The van der Waals surface area contributed by atoms with Crippen LogP contribution in [-0.4, -0.2) is 17.4 Å². The van der Waals surface area contributed by atoms with Crippen molar-refractivity contribution in [2.24, 2.45) is 11.7 Å². The van der Waals surface area contributed by atoms with E-state index < -0.39 is 23.2 Å². The number of nitrogens with two attached hydrogens (primary N) is 1. The van der Waals surface area contributed by atoms with Gasteiger partial charge in [-0.15, -0.1) is 0 Å². The summed E-state index contributed by atoms with van der Waals surface area (Å²) in [5, 5.41) is 2.60. The summed E-state index contributed by atoms with van der Waals surface area (Å²) in [6, 6.07) is 3.87. The highest BCUT2D eigenvalue weighted by atomic mass is 79.9. The van der Waals surface area contributed by atoms with Crippen LogP contribution in [0, 0.1) is 11.7 Å². The second kappa shape index (κ2) is 5.69. The van der Waals surface area contributed by atoms with Gasteiger partial charge in [-0.3, -0.25) is 9.59 Å². The van der Waals surface area contributed by atoms with Crippen LogP contribution in [0.2, 0.25) is 0 Å². The van der Waals surface area contributed by atoms with Gasteiger partial charge in [-0.1, -0.05) is 13.8 Å². The van der Waals surface area contributed by atoms with Gasteiger partial charge in [0.25, 0.3) is 5.91 Å². The first-order valence-electron chi connectivity index (χ1n) is 5.76. The maximum absolute atomic E-state index is 13.1. The molecule has 0 aromatic heterocycles. The third-order valence-corrected chi connectivity index (χ3v) is 3.83. The number of halogens is 2. The summed E-state index contributed by atoms with van der Waals surface area (Å²) in [4.78, 5) is 23.6. The van der Waals surface area contributed by atoms with E-state index in [1.165, 1.54) is 18.2 Å². The van der Waals surface area contributed by atoms with Gasteiger partial charge in [0.1, 0.15) is 11.4 Å². The van der Waals surface area contributed by atoms with Crippen LogP contribution >= 0.6 is 15.9 Å². The van der Waals surface area contributed by atoms with Gasteiger partial charge in [0.05, 0.1) is 4.47 Å². The third-order valence-electron chi connectivity index (χ3n) is 3.22. The van der Waals surface area contributed by atoms with E-state index in [1.807, 2.05) is 0 Å². The van der Waals surface area contributed by atoms with Crippen molar-refractivity contribution in [2.75, 3.05) is 0 Å². The predicted molar refractivity (Wildman–Crippen MR) is 74.0 cm³/mol. The molecule has 1 atom stereocenters. The third kappa shape index (κ3) is 3.32. The van der Waals surface area contributed by atoms with Crippen molar-refractivity contribution in [3.8, 4) is 0 Å². The number of rotatable bonds is 4. The van der Waals surface area contributed by atoms with Gasteiger partial charge in [0.15, 0.2) is 0 Å². The standard InChI is InChI=1S/C13H16BrFN2O2/c1-7(2)13(3,12(16)19)17-11(18)8-4-5-10(15)9(14)6-8/h4-7H,1-3H3,(H2,16,19)(H,17,18). The largest absolute Gasteiger partial charge is 0.368 e. The van der Waals surface area contributed by atoms with Crippen molar-refractivity contribution in [2.45, 2.75) is 26.3 Å². The van der Waals surface area contributed by atoms with Crippen LogP contribution in [0.25, 0.3) is 0 Å². The van der Waals surface area contributed by atoms with Crippen molar-refractivity contribution in [1.29, 1.82) is 0 Å². The number of carbonyl (C=O) groups is 2. The Morgan fingerprint density at radius 2 is 2.00 bits per heavy atom. The van der Waals surface area contributed by atoms with Crippen LogP contribution in [0.1, 0.15) is 31.1 Å². The first-order valence-corrected chi connectivity index (χ1v) is 6.55. The highest BCUT2D eigenvalue weighted by Gasteiger charge is 2.36. The molecule has 0 fully saturated rings. The molecule has 0 radical (unpaired) electrons. The number of amides is 2. The Balaban J connectivity index is 3.01. The molecule has 3 N–H and O–H groups in total. The Labute approximate surface area is 119 Å². The molecule has 0 aliphatic rings. The van der Waals surface area contributed by atoms with Crippen molar-refractivity contribution in [1.82, 2.24) is 5.32 Å². The summed E-state index contributed by atoms with van der Waals surface area (Å²) in [5.41, 5.74) is 4.43. The summed E-state index contributed by atoms with van der Waals surface area (Å²) in [7, 11) is 0. The number of hydrogen-bond acceptors (Lipinski definition) is 2. The zero-order valence-electron chi connectivity index (χ0n) is 11.0. The number of nitrogens with one attached hydrogen (secondary N) is 1.